The van der Waals surface area contributed by atoms with Crippen molar-refractivity contribution in [2.24, 2.45) is 0 Å². The molecule has 0 saturated heterocycles. The van der Waals surface area contributed by atoms with Crippen LogP contribution < -0.4 is 5.32 Å². The highest BCUT2D eigenvalue weighted by Crippen LogP contribution is 2.44. The molecule has 0 saturated carbocycles. The lowest BCUT2D eigenvalue weighted by Gasteiger charge is -2.22. The van der Waals surface area contributed by atoms with Crippen LogP contribution in [-0.4, -0.2) is 47.7 Å². The van der Waals surface area contributed by atoms with Gasteiger partial charge in [0.1, 0.15) is 6.61 Å². The van der Waals surface area contributed by atoms with Crippen molar-refractivity contribution in [1.82, 2.24) is 10.2 Å². The van der Waals surface area contributed by atoms with Gasteiger partial charge in [0, 0.05) is 31.1 Å². The minimum Gasteiger partial charge on any atom is -0.481 e. The number of carboxylic acid groups (broad SMARTS) is 1. The topological polar surface area (TPSA) is 95.9 Å². The van der Waals surface area contributed by atoms with E-state index in [1.165, 1.54) is 4.90 Å². The fraction of sp³-hybridized carbons (Fsp3) is 0.233. The first-order chi connectivity index (χ1) is 17.9. The molecule has 0 bridgehead atoms. The van der Waals surface area contributed by atoms with Crippen molar-refractivity contribution in [3.8, 4) is 11.1 Å². The first-order valence-electron chi connectivity index (χ1n) is 12.2. The van der Waals surface area contributed by atoms with Gasteiger partial charge in [-0.2, -0.15) is 0 Å². The highest BCUT2D eigenvalue weighted by molar-refractivity contribution is 5.93. The van der Waals surface area contributed by atoms with Crippen molar-refractivity contribution in [3.05, 3.63) is 107 Å². The average molecular weight is 499 g/mol. The maximum absolute atomic E-state index is 13.0. The minimum absolute atomic E-state index is 0.0298. The van der Waals surface area contributed by atoms with Crippen LogP contribution in [0.2, 0.25) is 0 Å². The number of carbonyl (C=O) groups is 3. The predicted molar refractivity (Wildman–Crippen MR) is 141 cm³/mol. The summed E-state index contributed by atoms with van der Waals surface area (Å²) in [7, 11) is 0. The summed E-state index contributed by atoms with van der Waals surface area (Å²) in [5, 5.41) is 11.8. The fourth-order valence-corrected chi connectivity index (χ4v) is 4.56. The zero-order valence-electron chi connectivity index (χ0n) is 20.7. The molecule has 7 heteroatoms. The molecule has 1 aliphatic carbocycles. The normalized spacial score (nSPS) is 12.4. The minimum atomic E-state index is -0.968. The molecule has 4 rings (SSSR count). The van der Waals surface area contributed by atoms with Crippen LogP contribution in [0.15, 0.2) is 90.5 Å². The highest BCUT2D eigenvalue weighted by Gasteiger charge is 2.29. The number of benzene rings is 3. The smallest absolute Gasteiger partial charge is 0.407 e. The van der Waals surface area contributed by atoms with Crippen LogP contribution in [-0.2, 0) is 20.9 Å². The highest BCUT2D eigenvalue weighted by atomic mass is 16.5. The Morgan fingerprint density at radius 3 is 2.14 bits per heavy atom. The molecule has 0 aliphatic heterocycles. The molecule has 0 atom stereocenters. The van der Waals surface area contributed by atoms with Crippen molar-refractivity contribution >= 4 is 18.0 Å². The van der Waals surface area contributed by atoms with E-state index in [2.05, 4.69) is 29.6 Å². The maximum atomic E-state index is 13.0. The van der Waals surface area contributed by atoms with Crippen molar-refractivity contribution in [1.29, 1.82) is 0 Å². The molecule has 2 N–H and O–H groups in total. The van der Waals surface area contributed by atoms with Crippen LogP contribution in [0.5, 0.6) is 0 Å². The molecule has 37 heavy (non-hydrogen) atoms. The van der Waals surface area contributed by atoms with Crippen LogP contribution in [0.3, 0.4) is 0 Å². The third kappa shape index (κ3) is 6.44. The zero-order valence-corrected chi connectivity index (χ0v) is 20.7. The van der Waals surface area contributed by atoms with E-state index in [0.717, 1.165) is 27.8 Å². The van der Waals surface area contributed by atoms with Crippen LogP contribution in [0.1, 0.15) is 36.0 Å². The van der Waals surface area contributed by atoms with Crippen molar-refractivity contribution in [3.63, 3.8) is 0 Å². The Morgan fingerprint density at radius 1 is 0.919 bits per heavy atom. The van der Waals surface area contributed by atoms with Gasteiger partial charge in [-0.3, -0.25) is 9.59 Å². The molecular weight excluding hydrogens is 468 g/mol. The number of carboxylic acids is 1. The van der Waals surface area contributed by atoms with Gasteiger partial charge in [-0.15, -0.1) is 0 Å². The molecule has 0 fully saturated rings. The number of nitrogens with zero attached hydrogens (tertiary/aromatic N) is 1. The lowest BCUT2D eigenvalue weighted by molar-refractivity contribution is -0.138. The number of hydrogen-bond acceptors (Lipinski definition) is 4. The Hall–Kier alpha value is -4.39. The third-order valence-electron chi connectivity index (χ3n) is 6.43. The zero-order chi connectivity index (χ0) is 26.2. The summed E-state index contributed by atoms with van der Waals surface area (Å²) in [6, 6.07) is 25.7. The Labute approximate surface area is 216 Å². The number of aliphatic carboxylic acids is 1. The van der Waals surface area contributed by atoms with E-state index in [0.29, 0.717) is 12.1 Å². The van der Waals surface area contributed by atoms with Gasteiger partial charge < -0.3 is 20.1 Å². The third-order valence-corrected chi connectivity index (χ3v) is 6.43. The van der Waals surface area contributed by atoms with Crippen molar-refractivity contribution < 1.29 is 24.2 Å². The molecule has 0 heterocycles. The SMILES string of the molecule is C/C(=C\CNC(=O)OCC1c2ccccc2-c2ccccc21)C(=O)N(CCC(=O)O)Cc1ccccc1. The summed E-state index contributed by atoms with van der Waals surface area (Å²) in [6.45, 7) is 2.38. The van der Waals surface area contributed by atoms with E-state index < -0.39 is 12.1 Å². The molecule has 0 radical (unpaired) electrons. The molecule has 3 aromatic rings. The second-order valence-electron chi connectivity index (χ2n) is 8.95. The summed E-state index contributed by atoms with van der Waals surface area (Å²) in [6.07, 6.45) is 0.900. The van der Waals surface area contributed by atoms with Crippen LogP contribution in [0.4, 0.5) is 4.79 Å². The summed E-state index contributed by atoms with van der Waals surface area (Å²) < 4.78 is 5.53. The van der Waals surface area contributed by atoms with Crippen molar-refractivity contribution in [2.75, 3.05) is 19.7 Å². The lowest BCUT2D eigenvalue weighted by atomic mass is 9.98. The Morgan fingerprint density at radius 2 is 1.51 bits per heavy atom. The van der Waals surface area contributed by atoms with Gasteiger partial charge in [-0.25, -0.2) is 4.79 Å². The second-order valence-corrected chi connectivity index (χ2v) is 8.95. The van der Waals surface area contributed by atoms with E-state index in [4.69, 9.17) is 9.84 Å². The Bertz CT molecular complexity index is 1260. The first-order valence-corrected chi connectivity index (χ1v) is 12.2. The van der Waals surface area contributed by atoms with E-state index in [-0.39, 0.29) is 37.9 Å². The Kier molecular flexibility index (Phi) is 8.36. The molecule has 0 unspecified atom stereocenters. The Balaban J connectivity index is 1.32. The molecule has 3 aromatic carbocycles. The molecule has 0 spiro atoms. The van der Waals surface area contributed by atoms with E-state index in [1.54, 1.807) is 13.0 Å². The van der Waals surface area contributed by atoms with Gasteiger partial charge in [0.15, 0.2) is 0 Å². The fourth-order valence-electron chi connectivity index (χ4n) is 4.56. The van der Waals surface area contributed by atoms with Crippen LogP contribution in [0.25, 0.3) is 11.1 Å². The summed E-state index contributed by atoms with van der Waals surface area (Å²) in [5.74, 6) is -1.28. The van der Waals surface area contributed by atoms with Gasteiger partial charge in [0.2, 0.25) is 5.91 Å². The number of ether oxygens (including phenoxy) is 1. The van der Waals surface area contributed by atoms with Gasteiger partial charge in [-0.05, 0) is 34.7 Å². The summed E-state index contributed by atoms with van der Waals surface area (Å²) in [4.78, 5) is 38.0. The van der Waals surface area contributed by atoms with Crippen LogP contribution >= 0.6 is 0 Å². The summed E-state index contributed by atoms with van der Waals surface area (Å²) >= 11 is 0. The molecular formula is C30H30N2O5. The van der Waals surface area contributed by atoms with Crippen molar-refractivity contribution in [2.45, 2.75) is 25.8 Å². The average Bonchev–Trinajstić information content (AvgIpc) is 3.23. The van der Waals surface area contributed by atoms with Gasteiger partial charge in [-0.1, -0.05) is 84.9 Å². The molecule has 7 nitrogen and oxygen atoms in total. The number of rotatable bonds is 10. The molecule has 190 valence electrons. The number of nitrogens with one attached hydrogen (secondary N) is 1. The number of carbonyl (C=O) groups excluding carboxylic acids is 2. The van der Waals surface area contributed by atoms with Crippen LogP contribution in [0, 0.1) is 0 Å². The largest absolute Gasteiger partial charge is 0.481 e. The quantitative estimate of drug-likeness (QED) is 0.385. The van der Waals surface area contributed by atoms with Gasteiger partial charge >= 0.3 is 12.1 Å². The number of hydrogen-bond donors (Lipinski definition) is 2. The summed E-state index contributed by atoms with van der Waals surface area (Å²) in [5.41, 5.74) is 5.92. The van der Waals surface area contributed by atoms with E-state index in [1.807, 2.05) is 54.6 Å². The maximum Gasteiger partial charge on any atom is 0.407 e. The first kappa shape index (κ1) is 25.7. The number of amides is 2. The number of fused-ring (bicyclic) bond motifs is 3. The predicted octanol–water partition coefficient (Wildman–Crippen LogP) is 4.97. The van der Waals surface area contributed by atoms with Gasteiger partial charge in [0.25, 0.3) is 0 Å². The number of alkyl carbamates (subject to hydrolysis) is 1. The standard InChI is InChI=1S/C30H30N2O5/c1-21(29(35)32(18-16-28(33)34)19-22-9-3-2-4-10-22)15-17-31-30(36)37-20-27-25-13-7-5-11-23(25)24-12-6-8-14-26(24)27/h2-15,27H,16-20H2,1H3,(H,31,36)(H,33,34)/b21-15+. The van der Waals surface area contributed by atoms with E-state index >= 15 is 0 Å². The molecule has 0 aromatic heterocycles. The monoisotopic (exact) mass is 498 g/mol. The lowest BCUT2D eigenvalue weighted by Crippen LogP contribution is -2.33. The molecule has 2 amide bonds. The van der Waals surface area contributed by atoms with E-state index in [9.17, 15) is 14.4 Å². The van der Waals surface area contributed by atoms with Gasteiger partial charge in [0.05, 0.1) is 6.42 Å². The molecule has 1 aliphatic rings. The second kappa shape index (κ2) is 12.0.